The van der Waals surface area contributed by atoms with E-state index in [0.29, 0.717) is 22.2 Å². The van der Waals surface area contributed by atoms with E-state index in [0.717, 1.165) is 24.2 Å². The summed E-state index contributed by atoms with van der Waals surface area (Å²) in [6, 6.07) is 5.77. The van der Waals surface area contributed by atoms with Gasteiger partial charge in [0.1, 0.15) is 0 Å². The summed E-state index contributed by atoms with van der Waals surface area (Å²) in [6.45, 7) is 4.57. The number of tetrazole rings is 1. The second-order valence-corrected chi connectivity index (χ2v) is 6.72. The highest BCUT2D eigenvalue weighted by molar-refractivity contribution is 6.31. The smallest absolute Gasteiger partial charge is 0.182 e. The predicted octanol–water partition coefficient (Wildman–Crippen LogP) is 3.33. The van der Waals surface area contributed by atoms with Gasteiger partial charge in [-0.3, -0.25) is 0 Å². The van der Waals surface area contributed by atoms with Crippen molar-refractivity contribution < 1.29 is 0 Å². The number of nitrogens with two attached hydrogens (primary N) is 1. The molecule has 1 aliphatic carbocycles. The number of hydrogen-bond donors (Lipinski definition) is 1. The third-order valence-electron chi connectivity index (χ3n) is 3.96. The van der Waals surface area contributed by atoms with E-state index in [1.165, 1.54) is 6.42 Å². The van der Waals surface area contributed by atoms with Crippen molar-refractivity contribution in [1.29, 1.82) is 0 Å². The Morgan fingerprint density at radius 2 is 2.15 bits per heavy atom. The van der Waals surface area contributed by atoms with Gasteiger partial charge in [0.15, 0.2) is 5.82 Å². The first-order chi connectivity index (χ1) is 9.44. The van der Waals surface area contributed by atoms with Crippen LogP contribution in [0.15, 0.2) is 18.2 Å². The molecule has 0 amide bonds. The van der Waals surface area contributed by atoms with Crippen molar-refractivity contribution in [3.63, 3.8) is 0 Å². The molecule has 1 aliphatic rings. The molecule has 1 aromatic carbocycles. The van der Waals surface area contributed by atoms with E-state index >= 15 is 0 Å². The van der Waals surface area contributed by atoms with Gasteiger partial charge in [0, 0.05) is 16.3 Å². The maximum Gasteiger partial charge on any atom is 0.182 e. The Morgan fingerprint density at radius 1 is 1.35 bits per heavy atom. The summed E-state index contributed by atoms with van der Waals surface area (Å²) in [5, 5.41) is 12.7. The number of hydrogen-bond acceptors (Lipinski definition) is 4. The lowest BCUT2D eigenvalue weighted by Gasteiger charge is -2.17. The summed E-state index contributed by atoms with van der Waals surface area (Å²) in [7, 11) is 0. The van der Waals surface area contributed by atoms with Crippen LogP contribution in [0.4, 0.5) is 5.69 Å². The molecule has 0 radical (unpaired) electrons. The third-order valence-corrected chi connectivity index (χ3v) is 4.18. The molecule has 1 atom stereocenters. The number of anilines is 1. The molecule has 2 N–H and O–H groups in total. The van der Waals surface area contributed by atoms with Crippen molar-refractivity contribution in [3.8, 4) is 11.4 Å². The van der Waals surface area contributed by atoms with Crippen LogP contribution in [0.2, 0.25) is 5.02 Å². The van der Waals surface area contributed by atoms with Crippen LogP contribution in [-0.2, 0) is 0 Å². The minimum Gasteiger partial charge on any atom is -0.399 e. The zero-order valence-electron chi connectivity index (χ0n) is 11.7. The lowest BCUT2D eigenvalue weighted by atomic mass is 9.92. The fourth-order valence-electron chi connectivity index (χ4n) is 2.98. The second kappa shape index (κ2) is 4.74. The van der Waals surface area contributed by atoms with E-state index < -0.39 is 0 Å². The zero-order valence-corrected chi connectivity index (χ0v) is 12.4. The van der Waals surface area contributed by atoms with Gasteiger partial charge in [-0.2, -0.15) is 0 Å². The van der Waals surface area contributed by atoms with Crippen molar-refractivity contribution in [1.82, 2.24) is 20.2 Å². The summed E-state index contributed by atoms with van der Waals surface area (Å²) in [4.78, 5) is 0. The molecule has 0 bridgehead atoms. The molecule has 3 rings (SSSR count). The Morgan fingerprint density at radius 3 is 2.80 bits per heavy atom. The van der Waals surface area contributed by atoms with Gasteiger partial charge in [-0.25, -0.2) is 4.68 Å². The highest BCUT2D eigenvalue weighted by Crippen LogP contribution is 2.44. The van der Waals surface area contributed by atoms with E-state index in [9.17, 15) is 0 Å². The van der Waals surface area contributed by atoms with Gasteiger partial charge in [0.2, 0.25) is 0 Å². The quantitative estimate of drug-likeness (QED) is 0.862. The maximum absolute atomic E-state index is 6.07. The minimum atomic E-state index is 0.343. The first-order valence-electron chi connectivity index (χ1n) is 6.79. The fraction of sp³-hybridized carbons (Fsp3) is 0.500. The molecule has 0 saturated heterocycles. The summed E-state index contributed by atoms with van der Waals surface area (Å²) in [5.74, 6) is 0.738. The summed E-state index contributed by atoms with van der Waals surface area (Å²) < 4.78 is 1.92. The standard InChI is InChI=1S/C14H18ClN5/c1-14(2)4-3-12(8-14)20-13(17-18-19-20)9-5-10(15)7-11(16)6-9/h5-7,12H,3-4,8,16H2,1-2H3. The largest absolute Gasteiger partial charge is 0.399 e. The van der Waals surface area contributed by atoms with Crippen molar-refractivity contribution in [2.45, 2.75) is 39.2 Å². The number of rotatable bonds is 2. The van der Waals surface area contributed by atoms with Crippen molar-refractivity contribution in [2.75, 3.05) is 5.73 Å². The zero-order chi connectivity index (χ0) is 14.3. The van der Waals surface area contributed by atoms with Gasteiger partial charge in [-0.1, -0.05) is 25.4 Å². The van der Waals surface area contributed by atoms with Crippen LogP contribution in [0.3, 0.4) is 0 Å². The van der Waals surface area contributed by atoms with Crippen LogP contribution in [0.1, 0.15) is 39.2 Å². The molecule has 0 spiro atoms. The molecule has 1 unspecified atom stereocenters. The van der Waals surface area contributed by atoms with Crippen LogP contribution in [0.5, 0.6) is 0 Å². The average molecular weight is 292 g/mol. The van der Waals surface area contributed by atoms with E-state index in [1.807, 2.05) is 16.8 Å². The molecule has 1 saturated carbocycles. The van der Waals surface area contributed by atoms with Crippen LogP contribution in [0, 0.1) is 5.41 Å². The molecule has 106 valence electrons. The number of halogens is 1. The SMILES string of the molecule is CC1(C)CCC(n2nnnc2-c2cc(N)cc(Cl)c2)C1. The number of nitrogens with zero attached hydrogens (tertiary/aromatic N) is 4. The average Bonchev–Trinajstić information content (AvgIpc) is 2.93. The van der Waals surface area contributed by atoms with Crippen molar-refractivity contribution in [3.05, 3.63) is 23.2 Å². The molecule has 1 heterocycles. The maximum atomic E-state index is 6.07. The Hall–Kier alpha value is -1.62. The normalized spacial score (nSPS) is 21.2. The molecular formula is C14H18ClN5. The summed E-state index contributed by atoms with van der Waals surface area (Å²) in [5.41, 5.74) is 7.68. The Balaban J connectivity index is 1.98. The fourth-order valence-corrected chi connectivity index (χ4v) is 3.22. The minimum absolute atomic E-state index is 0.343. The summed E-state index contributed by atoms with van der Waals surface area (Å²) in [6.07, 6.45) is 3.37. The van der Waals surface area contributed by atoms with Crippen molar-refractivity contribution >= 4 is 17.3 Å². The molecular weight excluding hydrogens is 274 g/mol. The molecule has 6 heteroatoms. The number of benzene rings is 1. The third kappa shape index (κ3) is 2.50. The van der Waals surface area contributed by atoms with E-state index in [1.54, 1.807) is 6.07 Å². The lowest BCUT2D eigenvalue weighted by molar-refractivity contribution is 0.349. The topological polar surface area (TPSA) is 69.6 Å². The monoisotopic (exact) mass is 291 g/mol. The molecule has 0 aliphatic heterocycles. The lowest BCUT2D eigenvalue weighted by Crippen LogP contribution is -2.12. The number of nitrogen functional groups attached to an aromatic ring is 1. The Kier molecular flexibility index (Phi) is 3.17. The predicted molar refractivity (Wildman–Crippen MR) is 79.3 cm³/mol. The van der Waals surface area contributed by atoms with Crippen LogP contribution in [-0.4, -0.2) is 20.2 Å². The Labute approximate surface area is 123 Å². The van der Waals surface area contributed by atoms with Gasteiger partial charge in [-0.15, -0.1) is 5.10 Å². The van der Waals surface area contributed by atoms with Gasteiger partial charge in [0.05, 0.1) is 6.04 Å². The Bertz CT molecular complexity index is 614. The molecule has 1 fully saturated rings. The summed E-state index contributed by atoms with van der Waals surface area (Å²) >= 11 is 6.07. The van der Waals surface area contributed by atoms with E-state index in [-0.39, 0.29) is 0 Å². The van der Waals surface area contributed by atoms with Crippen LogP contribution in [0.25, 0.3) is 11.4 Å². The first kappa shape index (κ1) is 13.4. The van der Waals surface area contributed by atoms with Crippen LogP contribution >= 0.6 is 11.6 Å². The number of aromatic nitrogens is 4. The molecule has 1 aromatic heterocycles. The van der Waals surface area contributed by atoms with Gasteiger partial charge >= 0.3 is 0 Å². The van der Waals surface area contributed by atoms with Crippen molar-refractivity contribution in [2.24, 2.45) is 5.41 Å². The van der Waals surface area contributed by atoms with Gasteiger partial charge in [-0.05, 0) is 53.3 Å². The highest BCUT2D eigenvalue weighted by atomic mass is 35.5. The van der Waals surface area contributed by atoms with Gasteiger partial charge < -0.3 is 5.73 Å². The second-order valence-electron chi connectivity index (χ2n) is 6.28. The molecule has 20 heavy (non-hydrogen) atoms. The van der Waals surface area contributed by atoms with E-state index in [4.69, 9.17) is 17.3 Å². The molecule has 5 nitrogen and oxygen atoms in total. The van der Waals surface area contributed by atoms with E-state index in [2.05, 4.69) is 29.4 Å². The van der Waals surface area contributed by atoms with Gasteiger partial charge in [0.25, 0.3) is 0 Å². The highest BCUT2D eigenvalue weighted by Gasteiger charge is 2.34. The van der Waals surface area contributed by atoms with Crippen LogP contribution < -0.4 is 5.73 Å². The molecule has 2 aromatic rings. The first-order valence-corrected chi connectivity index (χ1v) is 7.17.